The molecule has 2 aliphatic carbocycles. The molecule has 0 saturated heterocycles. The average Bonchev–Trinajstić information content (AvgIpc) is 2.37. The zero-order valence-corrected chi connectivity index (χ0v) is 9.64. The van der Waals surface area contributed by atoms with Crippen LogP contribution in [-0.4, -0.2) is 10.7 Å². The van der Waals surface area contributed by atoms with Crippen molar-refractivity contribution in [2.24, 2.45) is 11.8 Å². The zero-order chi connectivity index (χ0) is 10.3. The first-order valence-electron chi connectivity index (χ1n) is 5.90. The third-order valence-electron chi connectivity index (χ3n) is 4.21. The Morgan fingerprint density at radius 1 is 1.36 bits per heavy atom. The highest BCUT2D eigenvalue weighted by Gasteiger charge is 2.36. The van der Waals surface area contributed by atoms with Gasteiger partial charge in [-0.25, -0.2) is 0 Å². The standard InChI is InChI=1S/C13H22O/c1-9-4-5-11-10(2)8-13(3,14)7-6-12(9)11/h10-11,14H,4-8H2,1-3H3. The summed E-state index contributed by atoms with van der Waals surface area (Å²) in [5.41, 5.74) is 2.87. The van der Waals surface area contributed by atoms with Crippen molar-refractivity contribution in [3.8, 4) is 0 Å². The van der Waals surface area contributed by atoms with Gasteiger partial charge in [-0.05, 0) is 57.8 Å². The summed E-state index contributed by atoms with van der Waals surface area (Å²) >= 11 is 0. The van der Waals surface area contributed by atoms with Crippen LogP contribution in [0, 0.1) is 11.8 Å². The Bertz CT molecular complexity index is 262. The SMILES string of the molecule is CC1=C2CCC(C)(O)CC(C)C2CC1. The van der Waals surface area contributed by atoms with Crippen molar-refractivity contribution in [2.45, 2.75) is 58.5 Å². The Morgan fingerprint density at radius 2 is 2.07 bits per heavy atom. The first-order valence-corrected chi connectivity index (χ1v) is 5.90. The third kappa shape index (κ3) is 1.75. The first-order chi connectivity index (χ1) is 6.49. The summed E-state index contributed by atoms with van der Waals surface area (Å²) in [7, 11) is 0. The van der Waals surface area contributed by atoms with Crippen molar-refractivity contribution in [3.63, 3.8) is 0 Å². The lowest BCUT2D eigenvalue weighted by Crippen LogP contribution is -2.26. The topological polar surface area (TPSA) is 20.2 Å². The van der Waals surface area contributed by atoms with E-state index >= 15 is 0 Å². The maximum Gasteiger partial charge on any atom is 0.0625 e. The second-order valence-corrected chi connectivity index (χ2v) is 5.63. The Labute approximate surface area is 87.2 Å². The van der Waals surface area contributed by atoms with Gasteiger partial charge in [-0.1, -0.05) is 18.1 Å². The summed E-state index contributed by atoms with van der Waals surface area (Å²) in [5, 5.41) is 10.1. The van der Waals surface area contributed by atoms with E-state index in [9.17, 15) is 5.11 Å². The van der Waals surface area contributed by atoms with E-state index in [1.54, 1.807) is 11.1 Å². The molecule has 0 radical (unpaired) electrons. The largest absolute Gasteiger partial charge is 0.390 e. The van der Waals surface area contributed by atoms with Gasteiger partial charge < -0.3 is 5.11 Å². The lowest BCUT2D eigenvalue weighted by Gasteiger charge is -2.25. The van der Waals surface area contributed by atoms with E-state index in [0.29, 0.717) is 5.92 Å². The Hall–Kier alpha value is -0.300. The molecule has 2 aliphatic rings. The van der Waals surface area contributed by atoms with Crippen LogP contribution in [0.15, 0.2) is 11.1 Å². The number of hydrogen-bond donors (Lipinski definition) is 1. The summed E-state index contributed by atoms with van der Waals surface area (Å²) in [4.78, 5) is 0. The molecule has 1 N–H and O–H groups in total. The second-order valence-electron chi connectivity index (χ2n) is 5.63. The average molecular weight is 194 g/mol. The quantitative estimate of drug-likeness (QED) is 0.587. The molecule has 0 aromatic heterocycles. The lowest BCUT2D eigenvalue weighted by molar-refractivity contribution is 0.0303. The minimum absolute atomic E-state index is 0.420. The molecule has 14 heavy (non-hydrogen) atoms. The predicted octanol–water partition coefficient (Wildman–Crippen LogP) is 3.28. The van der Waals surface area contributed by atoms with Crippen molar-refractivity contribution >= 4 is 0 Å². The molecule has 0 aliphatic heterocycles. The van der Waals surface area contributed by atoms with Crippen LogP contribution in [0.5, 0.6) is 0 Å². The molecule has 0 amide bonds. The number of rotatable bonds is 0. The van der Waals surface area contributed by atoms with E-state index < -0.39 is 5.60 Å². The van der Waals surface area contributed by atoms with Gasteiger partial charge in [-0.2, -0.15) is 0 Å². The summed E-state index contributed by atoms with van der Waals surface area (Å²) in [6, 6.07) is 0. The lowest BCUT2D eigenvalue weighted by atomic mass is 9.84. The second kappa shape index (κ2) is 3.37. The molecule has 3 unspecified atom stereocenters. The van der Waals surface area contributed by atoms with Crippen LogP contribution in [-0.2, 0) is 0 Å². The molecule has 0 heterocycles. The summed E-state index contributed by atoms with van der Waals surface area (Å²) < 4.78 is 0. The molecule has 1 saturated carbocycles. The van der Waals surface area contributed by atoms with Crippen LogP contribution >= 0.6 is 0 Å². The van der Waals surface area contributed by atoms with E-state index in [4.69, 9.17) is 0 Å². The molecule has 0 bridgehead atoms. The molecule has 0 aromatic carbocycles. The van der Waals surface area contributed by atoms with Crippen LogP contribution in [0.4, 0.5) is 0 Å². The molecule has 1 nitrogen and oxygen atoms in total. The number of fused-ring (bicyclic) bond motifs is 1. The summed E-state index contributed by atoms with van der Waals surface area (Å²) in [6.45, 7) is 6.59. The van der Waals surface area contributed by atoms with Crippen LogP contribution in [0.3, 0.4) is 0 Å². The Kier molecular flexibility index (Phi) is 2.46. The monoisotopic (exact) mass is 194 g/mol. The molecule has 0 spiro atoms. The van der Waals surface area contributed by atoms with Gasteiger partial charge in [0.1, 0.15) is 0 Å². The molecule has 3 atom stereocenters. The minimum Gasteiger partial charge on any atom is -0.390 e. The molecule has 0 aromatic rings. The molecule has 1 heteroatoms. The van der Waals surface area contributed by atoms with Crippen molar-refractivity contribution in [1.29, 1.82) is 0 Å². The van der Waals surface area contributed by atoms with Gasteiger partial charge in [0.05, 0.1) is 5.60 Å². The van der Waals surface area contributed by atoms with Crippen molar-refractivity contribution in [1.82, 2.24) is 0 Å². The van der Waals surface area contributed by atoms with Crippen LogP contribution in [0.25, 0.3) is 0 Å². The predicted molar refractivity (Wildman–Crippen MR) is 59.1 cm³/mol. The van der Waals surface area contributed by atoms with E-state index in [2.05, 4.69) is 13.8 Å². The summed E-state index contributed by atoms with van der Waals surface area (Å²) in [6.07, 6.45) is 5.70. The van der Waals surface area contributed by atoms with Crippen molar-refractivity contribution in [3.05, 3.63) is 11.1 Å². The maximum atomic E-state index is 10.1. The van der Waals surface area contributed by atoms with Gasteiger partial charge in [-0.3, -0.25) is 0 Å². The van der Waals surface area contributed by atoms with E-state index in [1.165, 1.54) is 12.8 Å². The van der Waals surface area contributed by atoms with E-state index in [1.807, 2.05) is 6.92 Å². The van der Waals surface area contributed by atoms with E-state index in [-0.39, 0.29) is 0 Å². The van der Waals surface area contributed by atoms with Crippen LogP contribution < -0.4 is 0 Å². The maximum absolute atomic E-state index is 10.1. The smallest absolute Gasteiger partial charge is 0.0625 e. The third-order valence-corrected chi connectivity index (χ3v) is 4.21. The zero-order valence-electron chi connectivity index (χ0n) is 9.64. The van der Waals surface area contributed by atoms with E-state index in [0.717, 1.165) is 25.2 Å². The number of allylic oxidation sites excluding steroid dienone is 2. The van der Waals surface area contributed by atoms with Gasteiger partial charge in [-0.15, -0.1) is 0 Å². The molecular weight excluding hydrogens is 172 g/mol. The number of aliphatic hydroxyl groups is 1. The highest BCUT2D eigenvalue weighted by Crippen LogP contribution is 2.45. The molecule has 1 fully saturated rings. The highest BCUT2D eigenvalue weighted by molar-refractivity contribution is 5.23. The van der Waals surface area contributed by atoms with Gasteiger partial charge in [0.15, 0.2) is 0 Å². The molecular formula is C13H22O. The van der Waals surface area contributed by atoms with Gasteiger partial charge in [0, 0.05) is 0 Å². The fraction of sp³-hybridized carbons (Fsp3) is 0.846. The van der Waals surface area contributed by atoms with Gasteiger partial charge in [0.25, 0.3) is 0 Å². The van der Waals surface area contributed by atoms with Crippen molar-refractivity contribution < 1.29 is 5.11 Å². The van der Waals surface area contributed by atoms with Crippen LogP contribution in [0.2, 0.25) is 0 Å². The first kappa shape index (κ1) is 10.2. The molecule has 2 rings (SSSR count). The number of hydrogen-bond acceptors (Lipinski definition) is 1. The van der Waals surface area contributed by atoms with Crippen LogP contribution in [0.1, 0.15) is 52.9 Å². The highest BCUT2D eigenvalue weighted by atomic mass is 16.3. The Morgan fingerprint density at radius 3 is 2.79 bits per heavy atom. The van der Waals surface area contributed by atoms with Crippen molar-refractivity contribution in [2.75, 3.05) is 0 Å². The fourth-order valence-corrected chi connectivity index (χ4v) is 3.39. The molecule has 80 valence electrons. The fourth-order valence-electron chi connectivity index (χ4n) is 3.39. The minimum atomic E-state index is -0.420. The normalized spacial score (nSPS) is 43.7. The summed E-state index contributed by atoms with van der Waals surface area (Å²) in [5.74, 6) is 1.45. The van der Waals surface area contributed by atoms with Gasteiger partial charge >= 0.3 is 0 Å². The Balaban J connectivity index is 2.24. The van der Waals surface area contributed by atoms with Gasteiger partial charge in [0.2, 0.25) is 0 Å².